The standard InChI is InChI=1S/C39H75O5P/c1-3-5-7-9-11-13-15-17-19-21-23-25-27-29-31-33-38(41)43-36-37(35-40)44-45-39(42)34-32-30-28-26-24-22-20-18-16-14-12-10-8-6-4-2/h18,20,37,40,45H,3-17,19,21-36H2,1-2H3/b20-18-. The number of allylic oxidation sites excluding steroid dienone is 2. The van der Waals surface area contributed by atoms with Crippen LogP contribution in [0.25, 0.3) is 0 Å². The van der Waals surface area contributed by atoms with Gasteiger partial charge in [0.15, 0.2) is 5.52 Å². The first kappa shape index (κ1) is 44.2. The van der Waals surface area contributed by atoms with E-state index < -0.39 is 6.10 Å². The van der Waals surface area contributed by atoms with Crippen molar-refractivity contribution in [2.45, 2.75) is 213 Å². The molecule has 0 fully saturated rings. The van der Waals surface area contributed by atoms with Crippen LogP contribution in [0.15, 0.2) is 12.2 Å². The van der Waals surface area contributed by atoms with Crippen molar-refractivity contribution in [1.29, 1.82) is 0 Å². The molecule has 2 unspecified atom stereocenters. The van der Waals surface area contributed by atoms with Gasteiger partial charge in [-0.15, -0.1) is 0 Å². The van der Waals surface area contributed by atoms with Crippen molar-refractivity contribution in [3.8, 4) is 0 Å². The second kappa shape index (κ2) is 37.7. The molecule has 0 aromatic heterocycles. The molecule has 0 aliphatic heterocycles. The van der Waals surface area contributed by atoms with Crippen molar-refractivity contribution < 1.29 is 24.0 Å². The molecule has 0 aromatic carbocycles. The second-order valence-electron chi connectivity index (χ2n) is 13.2. The SMILES string of the molecule is CCCCCCCC/C=C\CCCCCCCC(=O)POC(CO)COC(=O)CCCCCCCCCCCCCCCCC. The summed E-state index contributed by atoms with van der Waals surface area (Å²) in [6, 6.07) is 0. The van der Waals surface area contributed by atoms with Gasteiger partial charge in [-0.05, 0) is 38.5 Å². The minimum absolute atomic E-state index is 0.0156. The highest BCUT2D eigenvalue weighted by Crippen LogP contribution is 2.21. The van der Waals surface area contributed by atoms with E-state index in [0.717, 1.165) is 38.5 Å². The Hall–Kier alpha value is -0.770. The highest BCUT2D eigenvalue weighted by atomic mass is 31.1. The molecule has 0 rings (SSSR count). The lowest BCUT2D eigenvalue weighted by molar-refractivity contribution is -0.146. The Kier molecular flexibility index (Phi) is 37.0. The zero-order valence-corrected chi connectivity index (χ0v) is 30.9. The van der Waals surface area contributed by atoms with Crippen LogP contribution in [0.1, 0.15) is 206 Å². The van der Waals surface area contributed by atoms with E-state index in [1.165, 1.54) is 141 Å². The molecular weight excluding hydrogens is 579 g/mol. The van der Waals surface area contributed by atoms with Gasteiger partial charge in [-0.3, -0.25) is 9.59 Å². The minimum Gasteiger partial charge on any atom is -0.463 e. The molecule has 5 nitrogen and oxygen atoms in total. The van der Waals surface area contributed by atoms with E-state index in [4.69, 9.17) is 9.26 Å². The van der Waals surface area contributed by atoms with Crippen LogP contribution < -0.4 is 0 Å². The van der Waals surface area contributed by atoms with Crippen LogP contribution >= 0.6 is 8.81 Å². The van der Waals surface area contributed by atoms with Gasteiger partial charge in [0.25, 0.3) is 0 Å². The van der Waals surface area contributed by atoms with Gasteiger partial charge in [0.2, 0.25) is 0 Å². The van der Waals surface area contributed by atoms with Crippen molar-refractivity contribution in [1.82, 2.24) is 0 Å². The number of carbonyl (C=O) groups is 2. The van der Waals surface area contributed by atoms with Gasteiger partial charge in [-0.25, -0.2) is 0 Å². The summed E-state index contributed by atoms with van der Waals surface area (Å²) in [5, 5.41) is 9.56. The average molecular weight is 655 g/mol. The summed E-state index contributed by atoms with van der Waals surface area (Å²) in [5.74, 6) is -0.241. The highest BCUT2D eigenvalue weighted by molar-refractivity contribution is 7.53. The third-order valence-electron chi connectivity index (χ3n) is 8.62. The lowest BCUT2D eigenvalue weighted by Crippen LogP contribution is -2.23. The fourth-order valence-electron chi connectivity index (χ4n) is 5.58. The van der Waals surface area contributed by atoms with E-state index in [1.54, 1.807) is 0 Å². The van der Waals surface area contributed by atoms with Crippen LogP contribution in [-0.2, 0) is 18.8 Å². The molecule has 266 valence electrons. The average Bonchev–Trinajstić information content (AvgIpc) is 3.04. The van der Waals surface area contributed by atoms with Crippen molar-refractivity contribution in [3.05, 3.63) is 12.2 Å². The van der Waals surface area contributed by atoms with Gasteiger partial charge in [-0.2, -0.15) is 0 Å². The van der Waals surface area contributed by atoms with Crippen molar-refractivity contribution in [2.24, 2.45) is 0 Å². The first-order valence-electron chi connectivity index (χ1n) is 19.5. The third-order valence-corrected chi connectivity index (χ3v) is 9.55. The summed E-state index contributed by atoms with van der Waals surface area (Å²) in [6.45, 7) is 4.30. The zero-order chi connectivity index (χ0) is 32.9. The molecule has 0 aliphatic carbocycles. The van der Waals surface area contributed by atoms with Gasteiger partial charge in [0.05, 0.1) is 15.4 Å². The Morgan fingerprint density at radius 2 is 0.933 bits per heavy atom. The number of esters is 1. The number of aliphatic hydroxyl groups is 1. The van der Waals surface area contributed by atoms with Crippen molar-refractivity contribution in [3.63, 3.8) is 0 Å². The van der Waals surface area contributed by atoms with E-state index in [-0.39, 0.29) is 33.5 Å². The van der Waals surface area contributed by atoms with E-state index >= 15 is 0 Å². The molecule has 0 aliphatic rings. The number of hydrogen-bond acceptors (Lipinski definition) is 5. The van der Waals surface area contributed by atoms with Crippen LogP contribution in [-0.4, -0.2) is 35.9 Å². The summed E-state index contributed by atoms with van der Waals surface area (Å²) in [4.78, 5) is 24.3. The molecule has 0 amide bonds. The maximum atomic E-state index is 12.2. The van der Waals surface area contributed by atoms with Gasteiger partial charge in [-0.1, -0.05) is 167 Å². The fourth-order valence-corrected chi connectivity index (χ4v) is 6.30. The Balaban J connectivity index is 3.52. The zero-order valence-electron chi connectivity index (χ0n) is 29.9. The molecule has 0 aromatic rings. The molecule has 2 atom stereocenters. The maximum Gasteiger partial charge on any atom is 0.305 e. The molecule has 6 heteroatoms. The van der Waals surface area contributed by atoms with Crippen molar-refractivity contribution >= 4 is 20.3 Å². The monoisotopic (exact) mass is 655 g/mol. The summed E-state index contributed by atoms with van der Waals surface area (Å²) in [7, 11) is -0.293. The fraction of sp³-hybridized carbons (Fsp3) is 0.897. The lowest BCUT2D eigenvalue weighted by Gasteiger charge is -2.15. The van der Waals surface area contributed by atoms with Gasteiger partial charge < -0.3 is 14.4 Å². The molecular formula is C39H75O5P. The number of ether oxygens (including phenoxy) is 1. The molecule has 0 saturated carbocycles. The number of unbranched alkanes of at least 4 members (excludes halogenated alkanes) is 25. The third kappa shape index (κ3) is 35.9. The maximum absolute atomic E-state index is 12.2. The number of carbonyl (C=O) groups excluding carboxylic acids is 2. The summed E-state index contributed by atoms with van der Waals surface area (Å²) >= 11 is 0. The summed E-state index contributed by atoms with van der Waals surface area (Å²) in [6.07, 6.45) is 40.5. The summed E-state index contributed by atoms with van der Waals surface area (Å²) in [5.41, 5.74) is 0.0789. The van der Waals surface area contributed by atoms with E-state index in [0.29, 0.717) is 12.8 Å². The highest BCUT2D eigenvalue weighted by Gasteiger charge is 2.14. The number of hydrogen-bond donors (Lipinski definition) is 1. The predicted octanol–water partition coefficient (Wildman–Crippen LogP) is 12.3. The van der Waals surface area contributed by atoms with E-state index in [2.05, 4.69) is 26.0 Å². The molecule has 1 N–H and O–H groups in total. The van der Waals surface area contributed by atoms with Crippen LogP contribution in [0.5, 0.6) is 0 Å². The Morgan fingerprint density at radius 1 is 0.556 bits per heavy atom. The smallest absolute Gasteiger partial charge is 0.305 e. The molecule has 45 heavy (non-hydrogen) atoms. The topological polar surface area (TPSA) is 72.8 Å². The molecule has 0 radical (unpaired) electrons. The molecule has 0 bridgehead atoms. The number of rotatable bonds is 37. The van der Waals surface area contributed by atoms with Crippen LogP contribution in [0, 0.1) is 0 Å². The van der Waals surface area contributed by atoms with E-state index in [1.807, 2.05) is 0 Å². The van der Waals surface area contributed by atoms with Crippen LogP contribution in [0.2, 0.25) is 0 Å². The lowest BCUT2D eigenvalue weighted by atomic mass is 10.0. The Labute approximate surface area is 281 Å². The largest absolute Gasteiger partial charge is 0.463 e. The molecule has 0 spiro atoms. The molecule has 0 heterocycles. The Morgan fingerprint density at radius 3 is 1.36 bits per heavy atom. The Bertz CT molecular complexity index is 653. The first-order chi connectivity index (χ1) is 22.1. The first-order valence-corrected chi connectivity index (χ1v) is 20.4. The quantitative estimate of drug-likeness (QED) is 0.0312. The van der Waals surface area contributed by atoms with E-state index in [9.17, 15) is 14.7 Å². The predicted molar refractivity (Wildman–Crippen MR) is 195 cm³/mol. The normalized spacial score (nSPS) is 12.5. The van der Waals surface area contributed by atoms with Gasteiger partial charge in [0.1, 0.15) is 12.7 Å². The summed E-state index contributed by atoms with van der Waals surface area (Å²) < 4.78 is 10.9. The second-order valence-corrected chi connectivity index (χ2v) is 14.2. The molecule has 0 saturated heterocycles. The van der Waals surface area contributed by atoms with Crippen molar-refractivity contribution in [2.75, 3.05) is 13.2 Å². The van der Waals surface area contributed by atoms with Crippen LogP contribution in [0.4, 0.5) is 0 Å². The van der Waals surface area contributed by atoms with Gasteiger partial charge in [0, 0.05) is 12.8 Å². The number of aliphatic hydroxyl groups excluding tert-OH is 1. The minimum atomic E-state index is -0.619. The van der Waals surface area contributed by atoms with Gasteiger partial charge >= 0.3 is 5.97 Å². The van der Waals surface area contributed by atoms with Crippen LogP contribution in [0.3, 0.4) is 0 Å².